The number of aliphatic carboxylic acids is 1. The SMILES string of the molecule is NC1CCN(CC(c2ccccc2)c2ccccc2)C1.O=C(O)C(F)(F)F. The van der Waals surface area contributed by atoms with Crippen LogP contribution in [0, 0.1) is 0 Å². The Balaban J connectivity index is 0.000000321. The lowest BCUT2D eigenvalue weighted by Crippen LogP contribution is -2.30. The normalized spacial score (nSPS) is 17.4. The first-order valence-corrected chi connectivity index (χ1v) is 8.65. The maximum Gasteiger partial charge on any atom is 0.490 e. The largest absolute Gasteiger partial charge is 0.490 e. The zero-order chi connectivity index (χ0) is 19.9. The van der Waals surface area contributed by atoms with Crippen molar-refractivity contribution >= 4 is 5.97 Å². The molecule has 0 spiro atoms. The van der Waals surface area contributed by atoms with Gasteiger partial charge >= 0.3 is 12.1 Å². The predicted octanol–water partition coefficient (Wildman–Crippen LogP) is 3.48. The van der Waals surface area contributed by atoms with Gasteiger partial charge in [0.25, 0.3) is 0 Å². The van der Waals surface area contributed by atoms with Gasteiger partial charge in [-0.05, 0) is 24.1 Å². The van der Waals surface area contributed by atoms with Crippen molar-refractivity contribution in [3.63, 3.8) is 0 Å². The summed E-state index contributed by atoms with van der Waals surface area (Å²) in [5.74, 6) is -2.32. The highest BCUT2D eigenvalue weighted by molar-refractivity contribution is 5.73. The van der Waals surface area contributed by atoms with Crippen LogP contribution in [0.3, 0.4) is 0 Å². The highest BCUT2D eigenvalue weighted by Crippen LogP contribution is 2.26. The Hall–Kier alpha value is -2.38. The average Bonchev–Trinajstić information content (AvgIpc) is 3.06. The molecule has 3 rings (SSSR count). The highest BCUT2D eigenvalue weighted by Gasteiger charge is 2.38. The summed E-state index contributed by atoms with van der Waals surface area (Å²) in [5, 5.41) is 7.12. The molecule has 1 heterocycles. The third-order valence-electron chi connectivity index (χ3n) is 4.40. The molecule has 1 saturated heterocycles. The van der Waals surface area contributed by atoms with Crippen molar-refractivity contribution in [1.82, 2.24) is 4.90 Å². The Morgan fingerprint density at radius 3 is 1.85 bits per heavy atom. The molecule has 1 aliphatic rings. The van der Waals surface area contributed by atoms with Crippen LogP contribution in [0.4, 0.5) is 13.2 Å². The van der Waals surface area contributed by atoms with Gasteiger partial charge in [0.2, 0.25) is 0 Å². The molecule has 0 aromatic heterocycles. The second-order valence-corrected chi connectivity index (χ2v) is 6.49. The summed E-state index contributed by atoms with van der Waals surface area (Å²) in [6, 6.07) is 21.9. The van der Waals surface area contributed by atoms with Gasteiger partial charge in [0, 0.05) is 25.0 Å². The first-order valence-electron chi connectivity index (χ1n) is 8.65. The minimum Gasteiger partial charge on any atom is -0.475 e. The van der Waals surface area contributed by atoms with Crippen LogP contribution in [0.5, 0.6) is 0 Å². The minimum atomic E-state index is -5.08. The second kappa shape index (κ2) is 9.53. The molecule has 0 bridgehead atoms. The number of benzene rings is 2. The molecule has 1 unspecified atom stereocenters. The lowest BCUT2D eigenvalue weighted by atomic mass is 9.91. The quantitative estimate of drug-likeness (QED) is 0.852. The molecule has 146 valence electrons. The summed E-state index contributed by atoms with van der Waals surface area (Å²) < 4.78 is 31.7. The number of likely N-dealkylation sites (tertiary alicyclic amines) is 1. The van der Waals surface area contributed by atoms with Crippen LogP contribution >= 0.6 is 0 Å². The van der Waals surface area contributed by atoms with Gasteiger partial charge in [-0.3, -0.25) is 0 Å². The number of carboxylic acids is 1. The summed E-state index contributed by atoms with van der Waals surface area (Å²) in [7, 11) is 0. The van der Waals surface area contributed by atoms with Crippen LogP contribution in [0.1, 0.15) is 23.5 Å². The predicted molar refractivity (Wildman–Crippen MR) is 97.5 cm³/mol. The number of alkyl halides is 3. The molecule has 2 aromatic rings. The number of nitrogens with two attached hydrogens (primary N) is 1. The number of hydrogen-bond donors (Lipinski definition) is 2. The third-order valence-corrected chi connectivity index (χ3v) is 4.40. The van der Waals surface area contributed by atoms with Crippen molar-refractivity contribution in [2.24, 2.45) is 5.73 Å². The lowest BCUT2D eigenvalue weighted by molar-refractivity contribution is -0.192. The van der Waals surface area contributed by atoms with E-state index < -0.39 is 12.1 Å². The maximum absolute atomic E-state index is 10.6. The van der Waals surface area contributed by atoms with Gasteiger partial charge in [0.05, 0.1) is 0 Å². The third kappa shape index (κ3) is 6.69. The molecule has 2 aromatic carbocycles. The molecule has 1 aliphatic heterocycles. The van der Waals surface area contributed by atoms with Gasteiger partial charge in [-0.2, -0.15) is 13.2 Å². The number of hydrogen-bond acceptors (Lipinski definition) is 3. The van der Waals surface area contributed by atoms with Crippen molar-refractivity contribution in [2.45, 2.75) is 24.6 Å². The molecule has 0 saturated carbocycles. The topological polar surface area (TPSA) is 66.6 Å². The number of rotatable bonds is 4. The van der Waals surface area contributed by atoms with Crippen LogP contribution in [0.25, 0.3) is 0 Å². The molecule has 4 nitrogen and oxygen atoms in total. The van der Waals surface area contributed by atoms with E-state index in [1.165, 1.54) is 11.1 Å². The Kier molecular flexibility index (Phi) is 7.38. The van der Waals surface area contributed by atoms with E-state index >= 15 is 0 Å². The van der Waals surface area contributed by atoms with E-state index in [1.54, 1.807) is 0 Å². The summed E-state index contributed by atoms with van der Waals surface area (Å²) in [4.78, 5) is 11.4. The Bertz CT molecular complexity index is 669. The summed E-state index contributed by atoms with van der Waals surface area (Å²) >= 11 is 0. The van der Waals surface area contributed by atoms with Crippen molar-refractivity contribution < 1.29 is 23.1 Å². The molecule has 0 aliphatic carbocycles. The molecular weight excluding hydrogens is 357 g/mol. The Labute approximate surface area is 156 Å². The van der Waals surface area contributed by atoms with E-state index in [1.807, 2.05) is 0 Å². The molecule has 1 fully saturated rings. The van der Waals surface area contributed by atoms with Crippen LogP contribution in [-0.2, 0) is 4.79 Å². The van der Waals surface area contributed by atoms with E-state index in [4.69, 9.17) is 15.6 Å². The van der Waals surface area contributed by atoms with Gasteiger partial charge in [-0.15, -0.1) is 0 Å². The van der Waals surface area contributed by atoms with Crippen LogP contribution in [-0.4, -0.2) is 47.8 Å². The van der Waals surface area contributed by atoms with Crippen LogP contribution in [0.15, 0.2) is 60.7 Å². The van der Waals surface area contributed by atoms with Gasteiger partial charge in [0.15, 0.2) is 0 Å². The summed E-state index contributed by atoms with van der Waals surface area (Å²) in [6.07, 6.45) is -3.96. The number of nitrogens with zero attached hydrogens (tertiary/aromatic N) is 1. The van der Waals surface area contributed by atoms with Gasteiger partial charge in [0.1, 0.15) is 0 Å². The van der Waals surface area contributed by atoms with Crippen molar-refractivity contribution in [1.29, 1.82) is 0 Å². The standard InChI is InChI=1S/C18H22N2.C2HF3O2/c19-17-11-12-20(13-17)14-18(15-7-3-1-4-8-15)16-9-5-2-6-10-16;3-2(4,5)1(6)7/h1-10,17-18H,11-14,19H2;(H,6,7). The van der Waals surface area contributed by atoms with Crippen LogP contribution in [0.2, 0.25) is 0 Å². The molecule has 0 amide bonds. The molecule has 0 radical (unpaired) electrons. The number of carboxylic acid groups (broad SMARTS) is 1. The lowest BCUT2D eigenvalue weighted by Gasteiger charge is -2.24. The highest BCUT2D eigenvalue weighted by atomic mass is 19.4. The summed E-state index contributed by atoms with van der Waals surface area (Å²) in [5.41, 5.74) is 8.81. The zero-order valence-corrected chi connectivity index (χ0v) is 14.8. The monoisotopic (exact) mass is 380 g/mol. The van der Waals surface area contributed by atoms with Crippen LogP contribution < -0.4 is 5.73 Å². The van der Waals surface area contributed by atoms with Crippen molar-refractivity contribution in [3.05, 3.63) is 71.8 Å². The van der Waals surface area contributed by atoms with Gasteiger partial charge in [-0.25, -0.2) is 4.79 Å². The fourth-order valence-corrected chi connectivity index (χ4v) is 3.06. The Morgan fingerprint density at radius 2 is 1.52 bits per heavy atom. The smallest absolute Gasteiger partial charge is 0.475 e. The average molecular weight is 380 g/mol. The first kappa shape index (κ1) is 20.9. The fourth-order valence-electron chi connectivity index (χ4n) is 3.06. The maximum atomic E-state index is 10.6. The minimum absolute atomic E-state index is 0.349. The fraction of sp³-hybridized carbons (Fsp3) is 0.350. The van der Waals surface area contributed by atoms with E-state index in [9.17, 15) is 13.2 Å². The second-order valence-electron chi connectivity index (χ2n) is 6.49. The molecule has 3 N–H and O–H groups in total. The molecular formula is C20H23F3N2O2. The van der Waals surface area contributed by atoms with E-state index in [0.29, 0.717) is 12.0 Å². The molecule has 27 heavy (non-hydrogen) atoms. The molecule has 1 atom stereocenters. The van der Waals surface area contributed by atoms with Gasteiger partial charge < -0.3 is 15.7 Å². The zero-order valence-electron chi connectivity index (χ0n) is 14.8. The number of carbonyl (C=O) groups is 1. The summed E-state index contributed by atoms with van der Waals surface area (Å²) in [6.45, 7) is 3.20. The van der Waals surface area contributed by atoms with Crippen molar-refractivity contribution in [3.8, 4) is 0 Å². The first-order chi connectivity index (χ1) is 12.8. The van der Waals surface area contributed by atoms with E-state index in [0.717, 1.165) is 26.1 Å². The van der Waals surface area contributed by atoms with Gasteiger partial charge in [-0.1, -0.05) is 60.7 Å². The van der Waals surface area contributed by atoms with E-state index in [-0.39, 0.29) is 0 Å². The number of halogens is 3. The molecule has 7 heteroatoms. The Morgan fingerprint density at radius 1 is 1.07 bits per heavy atom. The van der Waals surface area contributed by atoms with E-state index in [2.05, 4.69) is 65.6 Å². The van der Waals surface area contributed by atoms with Crippen molar-refractivity contribution in [2.75, 3.05) is 19.6 Å².